The second-order valence-electron chi connectivity index (χ2n) is 6.87. The molecule has 0 fully saturated rings. The molecule has 2 aromatic rings. The predicted molar refractivity (Wildman–Crippen MR) is 124 cm³/mol. The van der Waals surface area contributed by atoms with Crippen molar-refractivity contribution in [3.63, 3.8) is 0 Å². The van der Waals surface area contributed by atoms with E-state index in [-0.39, 0.29) is 17.3 Å². The van der Waals surface area contributed by atoms with Crippen molar-refractivity contribution in [1.29, 1.82) is 0 Å². The van der Waals surface area contributed by atoms with Crippen LogP contribution in [0.25, 0.3) is 0 Å². The van der Waals surface area contributed by atoms with E-state index in [0.717, 1.165) is 29.3 Å². The highest BCUT2D eigenvalue weighted by molar-refractivity contribution is 7.99. The molecule has 9 heteroatoms. The zero-order valence-corrected chi connectivity index (χ0v) is 19.5. The molecule has 2 aromatic carbocycles. The van der Waals surface area contributed by atoms with Crippen molar-refractivity contribution >= 4 is 50.7 Å². The predicted octanol–water partition coefficient (Wildman–Crippen LogP) is 4.31. The molecule has 30 heavy (non-hydrogen) atoms. The Morgan fingerprint density at radius 3 is 2.67 bits per heavy atom. The molecular weight excluding hydrogens is 442 g/mol. The van der Waals surface area contributed by atoms with Crippen LogP contribution < -0.4 is 10.2 Å². The monoisotopic (exact) mass is 467 g/mol. The maximum Gasteiger partial charge on any atom is 0.243 e. The Kier molecular flexibility index (Phi) is 7.68. The summed E-state index contributed by atoms with van der Waals surface area (Å²) in [6.07, 6.45) is 0.977. The van der Waals surface area contributed by atoms with Gasteiger partial charge in [0.25, 0.3) is 0 Å². The molecule has 162 valence electrons. The first-order valence-corrected chi connectivity index (χ1v) is 12.7. The third-order valence-electron chi connectivity index (χ3n) is 4.93. The summed E-state index contributed by atoms with van der Waals surface area (Å²) in [6, 6.07) is 12.4. The Morgan fingerprint density at radius 1 is 1.20 bits per heavy atom. The first kappa shape index (κ1) is 22.9. The van der Waals surface area contributed by atoms with Crippen molar-refractivity contribution in [2.24, 2.45) is 0 Å². The summed E-state index contributed by atoms with van der Waals surface area (Å²) in [5, 5.41) is 3.09. The van der Waals surface area contributed by atoms with Gasteiger partial charge in [-0.25, -0.2) is 8.42 Å². The molecular formula is C21H26ClN3O3S2. The van der Waals surface area contributed by atoms with E-state index in [9.17, 15) is 13.2 Å². The van der Waals surface area contributed by atoms with E-state index in [2.05, 4.69) is 16.3 Å². The minimum Gasteiger partial charge on any atom is -0.361 e. The fourth-order valence-electron chi connectivity index (χ4n) is 3.40. The fraction of sp³-hybridized carbons (Fsp3) is 0.381. The number of nitrogens with one attached hydrogen (secondary N) is 1. The molecule has 0 atom stereocenters. The zero-order chi connectivity index (χ0) is 21.7. The van der Waals surface area contributed by atoms with Crippen LogP contribution in [0.2, 0.25) is 5.02 Å². The van der Waals surface area contributed by atoms with Gasteiger partial charge in [0.05, 0.1) is 27.8 Å². The minimum atomic E-state index is -3.64. The Balaban J connectivity index is 1.79. The second-order valence-corrected chi connectivity index (χ2v) is 10.4. The lowest BCUT2D eigenvalue weighted by Crippen LogP contribution is -2.34. The van der Waals surface area contributed by atoms with E-state index in [4.69, 9.17) is 11.6 Å². The summed E-state index contributed by atoms with van der Waals surface area (Å²) in [6.45, 7) is 5.27. The Hall–Kier alpha value is -1.74. The summed E-state index contributed by atoms with van der Waals surface area (Å²) < 4.78 is 27.0. The van der Waals surface area contributed by atoms with Gasteiger partial charge in [0.2, 0.25) is 15.9 Å². The Morgan fingerprint density at radius 2 is 1.93 bits per heavy atom. The molecule has 1 N–H and O–H groups in total. The van der Waals surface area contributed by atoms with Crippen LogP contribution >= 0.6 is 23.4 Å². The van der Waals surface area contributed by atoms with Gasteiger partial charge in [-0.3, -0.25) is 4.79 Å². The van der Waals surface area contributed by atoms with Crippen LogP contribution in [0.4, 0.5) is 11.4 Å². The molecule has 0 aromatic heterocycles. The van der Waals surface area contributed by atoms with Crippen LogP contribution in [0.15, 0.2) is 52.3 Å². The van der Waals surface area contributed by atoms with E-state index < -0.39 is 10.0 Å². The maximum atomic E-state index is 12.8. The zero-order valence-electron chi connectivity index (χ0n) is 17.1. The number of nitrogens with zero attached hydrogens (tertiary/aromatic N) is 2. The van der Waals surface area contributed by atoms with Gasteiger partial charge in [0.15, 0.2) is 0 Å². The highest BCUT2D eigenvalue weighted by atomic mass is 35.5. The smallest absolute Gasteiger partial charge is 0.243 e. The van der Waals surface area contributed by atoms with Crippen LogP contribution in [0.1, 0.15) is 20.3 Å². The molecule has 1 heterocycles. The average molecular weight is 468 g/mol. The number of carbonyl (C=O) groups is 1. The molecule has 0 aliphatic carbocycles. The maximum absolute atomic E-state index is 12.8. The molecule has 0 bridgehead atoms. The molecule has 0 saturated heterocycles. The molecule has 6 nitrogen and oxygen atoms in total. The van der Waals surface area contributed by atoms with Crippen molar-refractivity contribution in [1.82, 2.24) is 4.31 Å². The number of thioether (sulfide) groups is 1. The minimum absolute atomic E-state index is 0.113. The SMILES string of the molecule is CCN(CC)S(=O)(=O)c1ccc(Cl)c(NC(=O)CN2CCCSc3ccccc32)c1. The quantitative estimate of drug-likeness (QED) is 0.657. The number of anilines is 2. The van der Waals surface area contributed by atoms with Gasteiger partial charge in [0.1, 0.15) is 0 Å². The van der Waals surface area contributed by atoms with E-state index in [1.165, 1.54) is 22.5 Å². The molecule has 0 radical (unpaired) electrons. The lowest BCUT2D eigenvalue weighted by molar-refractivity contribution is -0.115. The number of amides is 1. The second kappa shape index (κ2) is 10.0. The number of rotatable bonds is 7. The fourth-order valence-corrected chi connectivity index (χ4v) is 6.06. The van der Waals surface area contributed by atoms with Crippen LogP contribution in [-0.2, 0) is 14.8 Å². The number of benzene rings is 2. The first-order valence-electron chi connectivity index (χ1n) is 9.93. The van der Waals surface area contributed by atoms with Gasteiger partial charge in [-0.05, 0) is 42.5 Å². The summed E-state index contributed by atoms with van der Waals surface area (Å²) in [4.78, 5) is 16.1. The summed E-state index contributed by atoms with van der Waals surface area (Å²) in [7, 11) is -3.64. The lowest BCUT2D eigenvalue weighted by atomic mass is 10.2. The molecule has 1 aliphatic heterocycles. The van der Waals surface area contributed by atoms with E-state index in [0.29, 0.717) is 23.8 Å². The Bertz CT molecular complexity index is 1010. The van der Waals surface area contributed by atoms with Crippen LogP contribution in [0.5, 0.6) is 0 Å². The largest absolute Gasteiger partial charge is 0.361 e. The summed E-state index contributed by atoms with van der Waals surface area (Å²) >= 11 is 8.04. The number of hydrogen-bond acceptors (Lipinski definition) is 5. The van der Waals surface area contributed by atoms with Crippen LogP contribution in [0, 0.1) is 0 Å². The van der Waals surface area contributed by atoms with Gasteiger partial charge in [0, 0.05) is 24.5 Å². The van der Waals surface area contributed by atoms with Gasteiger partial charge in [-0.1, -0.05) is 37.6 Å². The van der Waals surface area contributed by atoms with Crippen molar-refractivity contribution in [3.8, 4) is 0 Å². The van der Waals surface area contributed by atoms with Crippen molar-refractivity contribution in [2.45, 2.75) is 30.1 Å². The van der Waals surface area contributed by atoms with Crippen LogP contribution in [-0.4, -0.2) is 50.6 Å². The standard InChI is InChI=1S/C21H26ClN3O3S2/c1-3-25(4-2)30(27,28)16-10-11-17(22)18(14-16)23-21(26)15-24-12-7-13-29-20-9-6-5-8-19(20)24/h5-6,8-11,14H,3-4,7,12-13,15H2,1-2H3,(H,23,26). The summed E-state index contributed by atoms with van der Waals surface area (Å²) in [5.74, 6) is 0.766. The molecule has 0 spiro atoms. The molecule has 3 rings (SSSR count). The number of hydrogen-bond donors (Lipinski definition) is 1. The highest BCUT2D eigenvalue weighted by Gasteiger charge is 2.23. The van der Waals surface area contributed by atoms with E-state index in [1.807, 2.05) is 18.2 Å². The molecule has 0 saturated carbocycles. The van der Waals surface area contributed by atoms with E-state index >= 15 is 0 Å². The average Bonchev–Trinajstić information content (AvgIpc) is 2.92. The Labute approximate surface area is 187 Å². The number of carbonyl (C=O) groups excluding carboxylic acids is 1. The van der Waals surface area contributed by atoms with Crippen LogP contribution in [0.3, 0.4) is 0 Å². The summed E-state index contributed by atoms with van der Waals surface area (Å²) in [5.41, 5.74) is 1.34. The van der Waals surface area contributed by atoms with Crippen molar-refractivity contribution in [3.05, 3.63) is 47.5 Å². The lowest BCUT2D eigenvalue weighted by Gasteiger charge is -2.24. The van der Waals surface area contributed by atoms with Gasteiger partial charge >= 0.3 is 0 Å². The third kappa shape index (κ3) is 5.11. The molecule has 1 aliphatic rings. The van der Waals surface area contributed by atoms with E-state index in [1.54, 1.807) is 25.6 Å². The van der Waals surface area contributed by atoms with Gasteiger partial charge in [-0.2, -0.15) is 4.31 Å². The van der Waals surface area contributed by atoms with Crippen molar-refractivity contribution < 1.29 is 13.2 Å². The normalized spacial score (nSPS) is 14.3. The number of sulfonamides is 1. The number of fused-ring (bicyclic) bond motifs is 1. The number of halogens is 1. The van der Waals surface area contributed by atoms with Crippen molar-refractivity contribution in [2.75, 3.05) is 42.1 Å². The number of para-hydroxylation sites is 1. The topological polar surface area (TPSA) is 69.7 Å². The molecule has 0 unspecified atom stereocenters. The first-order chi connectivity index (χ1) is 14.4. The molecule has 1 amide bonds. The van der Waals surface area contributed by atoms with Gasteiger partial charge in [-0.15, -0.1) is 11.8 Å². The van der Waals surface area contributed by atoms with Gasteiger partial charge < -0.3 is 10.2 Å². The third-order valence-corrected chi connectivity index (χ3v) is 8.45. The highest BCUT2D eigenvalue weighted by Crippen LogP contribution is 2.33.